The summed E-state index contributed by atoms with van der Waals surface area (Å²) in [6.45, 7) is 5.53. The van der Waals surface area contributed by atoms with E-state index in [1.165, 1.54) is 20.9 Å². The summed E-state index contributed by atoms with van der Waals surface area (Å²) in [5.74, 6) is -0.943. The fourth-order valence-electron chi connectivity index (χ4n) is 4.34. The van der Waals surface area contributed by atoms with Crippen molar-refractivity contribution < 1.29 is 9.59 Å². The SMILES string of the molecule is Cc1ccsc1/C=C1\N=C(SCC(=O)Nc2c(Cl)ccc(C)c2Cl)N(c2c(C)n(C)n(-c3ccccc3)c2=O)C1=O. The molecule has 2 aromatic heterocycles. The van der Waals surface area contributed by atoms with Crippen molar-refractivity contribution in [3.8, 4) is 5.69 Å². The summed E-state index contributed by atoms with van der Waals surface area (Å²) in [6, 6.07) is 14.5. The van der Waals surface area contributed by atoms with Gasteiger partial charge in [0.05, 0.1) is 32.9 Å². The molecular formula is C29H25Cl2N5O3S2. The molecule has 2 amide bonds. The molecule has 0 bridgehead atoms. The summed E-state index contributed by atoms with van der Waals surface area (Å²) in [4.78, 5) is 47.4. The number of aliphatic imine (C=N–C) groups is 1. The lowest BCUT2D eigenvalue weighted by Gasteiger charge is -2.16. The molecule has 1 aliphatic heterocycles. The maximum Gasteiger partial charge on any atom is 0.296 e. The van der Waals surface area contributed by atoms with Crippen LogP contribution in [0.2, 0.25) is 10.0 Å². The van der Waals surface area contributed by atoms with Crippen molar-refractivity contribution in [1.29, 1.82) is 0 Å². The summed E-state index contributed by atoms with van der Waals surface area (Å²) in [6.07, 6.45) is 1.71. The number of anilines is 2. The van der Waals surface area contributed by atoms with E-state index in [4.69, 9.17) is 23.2 Å². The Kier molecular flexibility index (Phi) is 8.28. The molecule has 4 aromatic rings. The van der Waals surface area contributed by atoms with Gasteiger partial charge in [0, 0.05) is 11.9 Å². The zero-order valence-electron chi connectivity index (χ0n) is 22.6. The molecule has 0 radical (unpaired) electrons. The third-order valence-electron chi connectivity index (χ3n) is 6.63. The van der Waals surface area contributed by atoms with Gasteiger partial charge < -0.3 is 5.32 Å². The molecule has 0 atom stereocenters. The Hall–Kier alpha value is -3.57. The van der Waals surface area contributed by atoms with Crippen LogP contribution in [0, 0.1) is 20.8 Å². The Morgan fingerprint density at radius 3 is 2.46 bits per heavy atom. The number of aryl methyl sites for hydroxylation is 2. The first kappa shape index (κ1) is 28.9. The van der Waals surface area contributed by atoms with Crippen molar-refractivity contribution in [3.63, 3.8) is 0 Å². The number of amides is 2. The Bertz CT molecular complexity index is 1800. The quantitative estimate of drug-likeness (QED) is 0.245. The minimum absolute atomic E-state index is 0.104. The fourth-order valence-corrected chi connectivity index (χ4v) is 6.45. The lowest BCUT2D eigenvalue weighted by Crippen LogP contribution is -2.35. The third kappa shape index (κ3) is 5.52. The first-order chi connectivity index (χ1) is 19.6. The van der Waals surface area contributed by atoms with Gasteiger partial charge in [-0.1, -0.05) is 59.2 Å². The highest BCUT2D eigenvalue weighted by Crippen LogP contribution is 2.34. The van der Waals surface area contributed by atoms with Crippen LogP contribution in [0.4, 0.5) is 11.4 Å². The van der Waals surface area contributed by atoms with Gasteiger partial charge in [0.15, 0.2) is 5.17 Å². The second-order valence-corrected chi connectivity index (χ2v) is 12.0. The number of amidine groups is 1. The topological polar surface area (TPSA) is 88.7 Å². The van der Waals surface area contributed by atoms with Crippen molar-refractivity contribution in [2.45, 2.75) is 20.8 Å². The normalized spacial score (nSPS) is 14.2. The Balaban J connectivity index is 1.51. The lowest BCUT2D eigenvalue weighted by molar-refractivity contribution is -0.114. The number of halogens is 2. The van der Waals surface area contributed by atoms with Crippen LogP contribution in [0.15, 0.2) is 69.4 Å². The van der Waals surface area contributed by atoms with E-state index in [1.54, 1.807) is 36.9 Å². The fraction of sp³-hybridized carbons (Fsp3) is 0.172. The lowest BCUT2D eigenvalue weighted by atomic mass is 10.2. The highest BCUT2D eigenvalue weighted by Gasteiger charge is 2.37. The smallest absolute Gasteiger partial charge is 0.296 e. The number of nitrogens with one attached hydrogen (secondary N) is 1. The minimum Gasteiger partial charge on any atom is -0.323 e. The van der Waals surface area contributed by atoms with Gasteiger partial charge in [0.2, 0.25) is 5.91 Å². The zero-order valence-corrected chi connectivity index (χ0v) is 25.7. The molecule has 1 N–H and O–H groups in total. The van der Waals surface area contributed by atoms with Gasteiger partial charge in [0.1, 0.15) is 11.4 Å². The molecule has 1 aliphatic rings. The molecule has 0 aliphatic carbocycles. The molecule has 2 aromatic carbocycles. The van der Waals surface area contributed by atoms with E-state index in [1.807, 2.05) is 55.6 Å². The van der Waals surface area contributed by atoms with Gasteiger partial charge in [-0.15, -0.1) is 11.3 Å². The van der Waals surface area contributed by atoms with Gasteiger partial charge >= 0.3 is 0 Å². The predicted molar refractivity (Wildman–Crippen MR) is 170 cm³/mol. The molecule has 8 nitrogen and oxygen atoms in total. The summed E-state index contributed by atoms with van der Waals surface area (Å²) >= 11 is 15.2. The molecule has 0 fully saturated rings. The van der Waals surface area contributed by atoms with Crippen molar-refractivity contribution in [2.75, 3.05) is 16.0 Å². The van der Waals surface area contributed by atoms with Crippen molar-refractivity contribution in [3.05, 3.63) is 102 Å². The number of nitrogens with zero attached hydrogens (tertiary/aromatic N) is 4. The first-order valence-electron chi connectivity index (χ1n) is 12.5. The third-order valence-corrected chi connectivity index (χ3v) is 9.33. The molecule has 5 rings (SSSR count). The number of rotatable bonds is 6. The molecule has 0 saturated carbocycles. The predicted octanol–water partition coefficient (Wildman–Crippen LogP) is 6.59. The molecule has 0 saturated heterocycles. The second kappa shape index (κ2) is 11.7. The standard InChI is InChI=1S/C29H25Cl2N5O3S2/c1-16-12-13-40-22(16)14-21-27(38)35(26-18(3)34(4)36(28(26)39)19-8-6-5-7-9-19)29(32-21)41-15-23(37)33-25-20(30)11-10-17(2)24(25)31/h5-14H,15H2,1-4H3,(H,33,37)/b21-14-. The zero-order chi connectivity index (χ0) is 29.4. The number of thioether (sulfide) groups is 1. The van der Waals surface area contributed by atoms with E-state index in [-0.39, 0.29) is 27.9 Å². The van der Waals surface area contributed by atoms with Crippen molar-refractivity contribution in [1.82, 2.24) is 9.36 Å². The Morgan fingerprint density at radius 2 is 1.78 bits per heavy atom. The average molecular weight is 627 g/mol. The van der Waals surface area contributed by atoms with Crippen molar-refractivity contribution in [2.24, 2.45) is 12.0 Å². The molecule has 0 unspecified atom stereocenters. The summed E-state index contributed by atoms with van der Waals surface area (Å²) in [5.41, 5.74) is 3.28. The number of aromatic nitrogens is 2. The second-order valence-electron chi connectivity index (χ2n) is 9.33. The van der Waals surface area contributed by atoms with Gasteiger partial charge in [-0.2, -0.15) is 0 Å². The Labute approximate surface area is 254 Å². The number of carbonyl (C=O) groups is 2. The van der Waals surface area contributed by atoms with E-state index < -0.39 is 11.8 Å². The summed E-state index contributed by atoms with van der Waals surface area (Å²) < 4.78 is 3.20. The maximum atomic E-state index is 13.8. The molecule has 0 spiro atoms. The van der Waals surface area contributed by atoms with Crippen LogP contribution in [-0.4, -0.2) is 32.1 Å². The van der Waals surface area contributed by atoms with Crippen LogP contribution < -0.4 is 15.8 Å². The average Bonchev–Trinajstić information content (AvgIpc) is 3.56. The van der Waals surface area contributed by atoms with Crippen LogP contribution in [0.3, 0.4) is 0 Å². The minimum atomic E-state index is -0.448. The maximum absolute atomic E-state index is 13.8. The van der Waals surface area contributed by atoms with Gasteiger partial charge in [-0.05, 0) is 67.6 Å². The molecule has 3 heterocycles. The number of para-hydroxylation sites is 1. The highest BCUT2D eigenvalue weighted by atomic mass is 35.5. The highest BCUT2D eigenvalue weighted by molar-refractivity contribution is 8.14. The first-order valence-corrected chi connectivity index (χ1v) is 15.1. The van der Waals surface area contributed by atoms with Gasteiger partial charge in [-0.25, -0.2) is 14.6 Å². The van der Waals surface area contributed by atoms with Crippen LogP contribution in [0.5, 0.6) is 0 Å². The molecular weight excluding hydrogens is 601 g/mol. The number of carbonyl (C=O) groups excluding carboxylic acids is 2. The molecule has 210 valence electrons. The van der Waals surface area contributed by atoms with Crippen LogP contribution in [0.25, 0.3) is 11.8 Å². The van der Waals surface area contributed by atoms with E-state index in [9.17, 15) is 14.4 Å². The Morgan fingerprint density at radius 1 is 1.05 bits per heavy atom. The van der Waals surface area contributed by atoms with Gasteiger partial charge in [-0.3, -0.25) is 19.1 Å². The van der Waals surface area contributed by atoms with E-state index in [0.717, 1.165) is 27.8 Å². The number of hydrogen-bond donors (Lipinski definition) is 1. The van der Waals surface area contributed by atoms with Crippen LogP contribution in [0.1, 0.15) is 21.7 Å². The van der Waals surface area contributed by atoms with Crippen molar-refractivity contribution >= 4 is 80.7 Å². The van der Waals surface area contributed by atoms with E-state index >= 15 is 0 Å². The number of thiophene rings is 1. The number of benzene rings is 2. The van der Waals surface area contributed by atoms with Gasteiger partial charge in [0.25, 0.3) is 11.5 Å². The summed E-state index contributed by atoms with van der Waals surface area (Å²) in [7, 11) is 1.76. The van der Waals surface area contributed by atoms with Crippen LogP contribution in [-0.2, 0) is 16.6 Å². The largest absolute Gasteiger partial charge is 0.323 e. The van der Waals surface area contributed by atoms with E-state index in [0.29, 0.717) is 27.1 Å². The van der Waals surface area contributed by atoms with Crippen LogP contribution >= 0.6 is 46.3 Å². The number of hydrogen-bond acceptors (Lipinski definition) is 6. The van der Waals surface area contributed by atoms with E-state index in [2.05, 4.69) is 10.3 Å². The molecule has 12 heteroatoms. The summed E-state index contributed by atoms with van der Waals surface area (Å²) in [5, 5.41) is 5.57. The molecule has 41 heavy (non-hydrogen) atoms. The monoisotopic (exact) mass is 625 g/mol.